The molecule has 0 aliphatic heterocycles. The van der Waals surface area contributed by atoms with Crippen molar-refractivity contribution in [1.82, 2.24) is 14.9 Å². The second-order valence-electron chi connectivity index (χ2n) is 8.92. The summed E-state index contributed by atoms with van der Waals surface area (Å²) in [5, 5.41) is 9.44. The number of anilines is 1. The van der Waals surface area contributed by atoms with E-state index in [2.05, 4.69) is 9.97 Å². The van der Waals surface area contributed by atoms with E-state index in [0.29, 0.717) is 57.0 Å². The van der Waals surface area contributed by atoms with Crippen LogP contribution < -0.4 is 15.2 Å². The summed E-state index contributed by atoms with van der Waals surface area (Å²) in [5.74, 6) is 2.78. The first kappa shape index (κ1) is 29.3. The predicted octanol–water partition coefficient (Wildman–Crippen LogP) is 6.10. The number of hydrogen-bond acceptors (Lipinski definition) is 9. The fourth-order valence-electron chi connectivity index (χ4n) is 3.85. The summed E-state index contributed by atoms with van der Waals surface area (Å²) in [6.45, 7) is 3.33. The molecule has 1 heterocycles. The third kappa shape index (κ3) is 7.93. The van der Waals surface area contributed by atoms with Crippen molar-refractivity contribution in [2.45, 2.75) is 26.8 Å². The fourth-order valence-corrected chi connectivity index (χ4v) is 4.81. The molecule has 3 aromatic carbocycles. The van der Waals surface area contributed by atoms with Gasteiger partial charge in [-0.15, -0.1) is 0 Å². The van der Waals surface area contributed by atoms with Gasteiger partial charge in [0.25, 0.3) is 0 Å². The van der Waals surface area contributed by atoms with E-state index in [-0.39, 0.29) is 30.5 Å². The standard InChI is InChI=1S/C31H30N4O5S/c1-21(35(20-37)19-23-18-33-22(2)34-30(23)32)29(15-16-36)41-31(38)27-14-13-26(39-24-9-5-3-6-10-24)17-28(27)40-25-11-7-4-8-12-25/h3-14,17-18,20,36H,15-16,19H2,1-2H3,(H2,32,33,34)/b29-21-. The van der Waals surface area contributed by atoms with E-state index in [1.807, 2.05) is 48.5 Å². The molecule has 0 saturated carbocycles. The number of hydrogen-bond donors (Lipinski definition) is 2. The Hall–Kier alpha value is -4.67. The van der Waals surface area contributed by atoms with E-state index in [0.717, 1.165) is 11.8 Å². The molecule has 0 unspecified atom stereocenters. The Morgan fingerprint density at radius 2 is 1.66 bits per heavy atom. The number of aliphatic hydroxyl groups is 1. The number of rotatable bonds is 12. The Morgan fingerprint density at radius 1 is 1.00 bits per heavy atom. The largest absolute Gasteiger partial charge is 0.457 e. The van der Waals surface area contributed by atoms with Gasteiger partial charge in [-0.3, -0.25) is 9.59 Å². The second kappa shape index (κ2) is 14.1. The van der Waals surface area contributed by atoms with E-state index in [1.54, 1.807) is 50.4 Å². The zero-order valence-electron chi connectivity index (χ0n) is 22.7. The van der Waals surface area contributed by atoms with Crippen LogP contribution in [0.3, 0.4) is 0 Å². The van der Waals surface area contributed by atoms with Crippen LogP contribution in [0.5, 0.6) is 23.0 Å². The highest BCUT2D eigenvalue weighted by atomic mass is 32.2. The van der Waals surface area contributed by atoms with Crippen molar-refractivity contribution in [3.8, 4) is 23.0 Å². The number of nitrogen functional groups attached to an aromatic ring is 1. The topological polar surface area (TPSA) is 128 Å². The summed E-state index contributed by atoms with van der Waals surface area (Å²) in [6, 6.07) is 23.4. The smallest absolute Gasteiger partial charge is 0.227 e. The Labute approximate surface area is 242 Å². The summed E-state index contributed by atoms with van der Waals surface area (Å²) >= 11 is 0.923. The Kier molecular flexibility index (Phi) is 10.1. The number of thioether (sulfide) groups is 1. The highest BCUT2D eigenvalue weighted by molar-refractivity contribution is 8.17. The molecule has 9 nitrogen and oxygen atoms in total. The van der Waals surface area contributed by atoms with Crippen molar-refractivity contribution in [3.05, 3.63) is 113 Å². The third-order valence-corrected chi connectivity index (χ3v) is 7.15. The molecule has 3 N–H and O–H groups in total. The molecule has 4 aromatic rings. The SMILES string of the molecule is C/C(=C(\CCO)SC(=O)c1ccc(Oc2ccccc2)cc1Oc1ccccc1)N(C=O)Cc1cnc(C)nc1N. The maximum Gasteiger partial charge on any atom is 0.227 e. The van der Waals surface area contributed by atoms with Crippen molar-refractivity contribution in [2.75, 3.05) is 12.3 Å². The number of para-hydroxylation sites is 2. The molecule has 10 heteroatoms. The van der Waals surface area contributed by atoms with Gasteiger partial charge in [-0.25, -0.2) is 9.97 Å². The Bertz CT molecular complexity index is 1530. The number of aromatic nitrogens is 2. The molecule has 0 fully saturated rings. The molecular weight excluding hydrogens is 540 g/mol. The van der Waals surface area contributed by atoms with Gasteiger partial charge in [-0.1, -0.05) is 36.4 Å². The van der Waals surface area contributed by atoms with Crippen molar-refractivity contribution in [1.29, 1.82) is 0 Å². The monoisotopic (exact) mass is 570 g/mol. The number of nitrogens with zero attached hydrogens (tertiary/aromatic N) is 3. The van der Waals surface area contributed by atoms with Crippen LogP contribution in [0.1, 0.15) is 35.1 Å². The average Bonchev–Trinajstić information content (AvgIpc) is 2.97. The number of carbonyl (C=O) groups is 2. The van der Waals surface area contributed by atoms with Crippen LogP contribution >= 0.6 is 11.8 Å². The molecule has 41 heavy (non-hydrogen) atoms. The molecule has 0 aliphatic carbocycles. The lowest BCUT2D eigenvalue weighted by atomic mass is 10.2. The Balaban J connectivity index is 1.63. The Morgan fingerprint density at radius 3 is 2.27 bits per heavy atom. The number of allylic oxidation sites excluding steroid dienone is 1. The maximum absolute atomic E-state index is 13.7. The molecular formula is C31H30N4O5S. The van der Waals surface area contributed by atoms with E-state index in [1.165, 1.54) is 4.90 Å². The lowest BCUT2D eigenvalue weighted by Crippen LogP contribution is -2.22. The van der Waals surface area contributed by atoms with Crippen LogP contribution in [0.2, 0.25) is 0 Å². The van der Waals surface area contributed by atoms with Crippen molar-refractivity contribution in [3.63, 3.8) is 0 Å². The fraction of sp³-hybridized carbons (Fsp3) is 0.161. The van der Waals surface area contributed by atoms with E-state index < -0.39 is 0 Å². The minimum atomic E-state index is -0.325. The van der Waals surface area contributed by atoms with Crippen molar-refractivity contribution in [2.24, 2.45) is 0 Å². The van der Waals surface area contributed by atoms with Gasteiger partial charge in [0.2, 0.25) is 11.5 Å². The summed E-state index contributed by atoms with van der Waals surface area (Å²) in [5.41, 5.74) is 7.39. The van der Waals surface area contributed by atoms with Crippen LogP contribution in [0.4, 0.5) is 5.82 Å². The molecule has 0 atom stereocenters. The zero-order chi connectivity index (χ0) is 29.2. The first-order valence-corrected chi connectivity index (χ1v) is 13.6. The first-order chi connectivity index (χ1) is 19.9. The average molecular weight is 571 g/mol. The number of benzene rings is 3. The quantitative estimate of drug-likeness (QED) is 0.194. The van der Waals surface area contributed by atoms with Crippen LogP contribution in [-0.2, 0) is 11.3 Å². The minimum Gasteiger partial charge on any atom is -0.457 e. The van der Waals surface area contributed by atoms with Crippen LogP contribution in [0.25, 0.3) is 0 Å². The lowest BCUT2D eigenvalue weighted by molar-refractivity contribution is -0.116. The predicted molar refractivity (Wildman–Crippen MR) is 159 cm³/mol. The number of aliphatic hydroxyl groups excluding tert-OH is 1. The molecule has 0 spiro atoms. The zero-order valence-corrected chi connectivity index (χ0v) is 23.5. The summed E-state index contributed by atoms with van der Waals surface area (Å²) in [7, 11) is 0. The van der Waals surface area contributed by atoms with Crippen molar-refractivity contribution >= 4 is 29.1 Å². The number of aryl methyl sites for hydroxylation is 1. The molecule has 4 rings (SSSR count). The van der Waals surface area contributed by atoms with Crippen LogP contribution in [0.15, 0.2) is 95.7 Å². The molecule has 0 saturated heterocycles. The molecule has 0 bridgehead atoms. The number of amides is 1. The molecule has 0 radical (unpaired) electrons. The van der Waals surface area contributed by atoms with Gasteiger partial charge in [0, 0.05) is 41.5 Å². The third-order valence-electron chi connectivity index (χ3n) is 6.00. The van der Waals surface area contributed by atoms with Gasteiger partial charge in [-0.2, -0.15) is 0 Å². The molecule has 210 valence electrons. The number of nitrogens with two attached hydrogens (primary N) is 1. The number of carbonyl (C=O) groups excluding carboxylic acids is 2. The molecule has 1 amide bonds. The molecule has 1 aromatic heterocycles. The van der Waals surface area contributed by atoms with E-state index in [4.69, 9.17) is 15.2 Å². The summed E-state index contributed by atoms with van der Waals surface area (Å²) in [6.07, 6.45) is 2.38. The van der Waals surface area contributed by atoms with Gasteiger partial charge in [0.05, 0.1) is 12.1 Å². The van der Waals surface area contributed by atoms with Crippen molar-refractivity contribution < 1.29 is 24.2 Å². The van der Waals surface area contributed by atoms with Gasteiger partial charge >= 0.3 is 0 Å². The number of ether oxygens (including phenoxy) is 2. The van der Waals surface area contributed by atoms with Crippen LogP contribution in [-0.4, -0.2) is 38.1 Å². The highest BCUT2D eigenvalue weighted by Gasteiger charge is 2.21. The minimum absolute atomic E-state index is 0.110. The lowest BCUT2D eigenvalue weighted by Gasteiger charge is -2.22. The van der Waals surface area contributed by atoms with Gasteiger partial charge < -0.3 is 25.2 Å². The first-order valence-electron chi connectivity index (χ1n) is 12.8. The maximum atomic E-state index is 13.7. The van der Waals surface area contributed by atoms with E-state index in [9.17, 15) is 14.7 Å². The second-order valence-corrected chi connectivity index (χ2v) is 9.99. The normalized spacial score (nSPS) is 11.4. The van der Waals surface area contributed by atoms with E-state index >= 15 is 0 Å². The molecule has 0 aliphatic rings. The van der Waals surface area contributed by atoms with Crippen LogP contribution in [0, 0.1) is 6.92 Å². The highest BCUT2D eigenvalue weighted by Crippen LogP contribution is 2.36. The van der Waals surface area contributed by atoms with Gasteiger partial charge in [0.1, 0.15) is 34.6 Å². The van der Waals surface area contributed by atoms with Gasteiger partial charge in [-0.05, 0) is 62.0 Å². The summed E-state index contributed by atoms with van der Waals surface area (Å²) < 4.78 is 12.1. The van der Waals surface area contributed by atoms with Gasteiger partial charge in [0.15, 0.2) is 0 Å². The summed E-state index contributed by atoms with van der Waals surface area (Å²) in [4.78, 5) is 36.0.